The molecule has 0 radical (unpaired) electrons. The van der Waals surface area contributed by atoms with Crippen molar-refractivity contribution in [2.24, 2.45) is 0 Å². The molecule has 1 fully saturated rings. The Morgan fingerprint density at radius 2 is 1.70 bits per heavy atom. The number of carbonyl (C=O) groups is 5. The van der Waals surface area contributed by atoms with Crippen LogP contribution < -0.4 is 0 Å². The number of unbranched alkanes of at least 4 members (excludes halogenated alkanes) is 3. The molecular weight excluding hydrogens is 554 g/mol. The van der Waals surface area contributed by atoms with Crippen molar-refractivity contribution in [1.29, 1.82) is 0 Å². The number of ketones is 2. The Labute approximate surface area is 251 Å². The Kier molecular flexibility index (Phi) is 12.3. The van der Waals surface area contributed by atoms with E-state index >= 15 is 0 Å². The Morgan fingerprint density at radius 1 is 1.00 bits per heavy atom. The van der Waals surface area contributed by atoms with Crippen LogP contribution >= 0.6 is 0 Å². The number of allylic oxidation sites excluding steroid dienone is 1. The molecule has 0 spiro atoms. The fraction of sp³-hybridized carbons (Fsp3) is 0.424. The topological polar surface area (TPSA) is 137 Å². The monoisotopic (exact) mass is 593 g/mol. The number of carbonyl (C=O) groups excluding carboxylic acids is 5. The van der Waals surface area contributed by atoms with Crippen LogP contribution in [-0.2, 0) is 33.4 Å². The number of aliphatic hydroxyl groups is 1. The van der Waals surface area contributed by atoms with Crippen LogP contribution in [0, 0.1) is 6.92 Å². The summed E-state index contributed by atoms with van der Waals surface area (Å²) in [5, 5.41) is 9.01. The molecule has 10 heteroatoms. The lowest BCUT2D eigenvalue weighted by Crippen LogP contribution is -2.52. The van der Waals surface area contributed by atoms with Crippen molar-refractivity contribution in [2.75, 3.05) is 13.7 Å². The zero-order chi connectivity index (χ0) is 31.5. The van der Waals surface area contributed by atoms with Crippen LogP contribution in [0.15, 0.2) is 60.7 Å². The van der Waals surface area contributed by atoms with Gasteiger partial charge in [-0.3, -0.25) is 19.2 Å². The number of Topliss-reactive ketones (excluding diaryl/α,β-unsaturated/α-hetero) is 1. The minimum atomic E-state index is -1.78. The summed E-state index contributed by atoms with van der Waals surface area (Å²) in [7, 11) is 1.16. The van der Waals surface area contributed by atoms with Gasteiger partial charge in [0.2, 0.25) is 0 Å². The summed E-state index contributed by atoms with van der Waals surface area (Å²) in [6.45, 7) is 4.64. The number of nitrogens with zero attached hydrogens (tertiary/aromatic N) is 1. The predicted molar refractivity (Wildman–Crippen MR) is 158 cm³/mol. The molecule has 0 aromatic heterocycles. The van der Waals surface area contributed by atoms with Gasteiger partial charge in [-0.2, -0.15) is 0 Å². The maximum absolute atomic E-state index is 13.7. The van der Waals surface area contributed by atoms with Crippen molar-refractivity contribution in [3.05, 3.63) is 77.4 Å². The Bertz CT molecular complexity index is 1340. The molecule has 43 heavy (non-hydrogen) atoms. The second-order valence-electron chi connectivity index (χ2n) is 10.5. The number of hydrogen-bond donors (Lipinski definition) is 1. The lowest BCUT2D eigenvalue weighted by molar-refractivity contribution is -0.166. The van der Waals surface area contributed by atoms with Gasteiger partial charge < -0.3 is 19.3 Å². The zero-order valence-corrected chi connectivity index (χ0v) is 25.0. The van der Waals surface area contributed by atoms with Crippen LogP contribution in [0.5, 0.6) is 0 Å². The maximum atomic E-state index is 13.7. The molecule has 4 atom stereocenters. The van der Waals surface area contributed by atoms with Gasteiger partial charge in [-0.15, -0.1) is 0 Å². The smallest absolute Gasteiger partial charge is 0.417 e. The SMILES string of the molecule is CO[C@H](C(=O)N1C(=O)O[C@H](c2ccccc2)[C@@H]1C)[C@H](OC(C)=O)C(=O)C=C(C(=O)CCCCCCO)c1cccc(C)c1. The summed E-state index contributed by atoms with van der Waals surface area (Å²) in [5.41, 5.74) is 2.15. The normalized spacial score (nSPS) is 18.1. The largest absolute Gasteiger partial charge is 0.451 e. The highest BCUT2D eigenvalue weighted by molar-refractivity contribution is 6.25. The molecule has 230 valence electrons. The number of aliphatic hydroxyl groups excluding tert-OH is 1. The summed E-state index contributed by atoms with van der Waals surface area (Å²) < 4.78 is 16.2. The number of hydrogen-bond acceptors (Lipinski definition) is 9. The van der Waals surface area contributed by atoms with Gasteiger partial charge in [0.05, 0.1) is 6.04 Å². The number of aryl methyl sites for hydroxylation is 1. The van der Waals surface area contributed by atoms with E-state index in [9.17, 15) is 24.0 Å². The molecule has 3 rings (SSSR count). The fourth-order valence-electron chi connectivity index (χ4n) is 5.03. The van der Waals surface area contributed by atoms with Crippen molar-refractivity contribution in [3.8, 4) is 0 Å². The first-order valence-electron chi connectivity index (χ1n) is 14.3. The van der Waals surface area contributed by atoms with Gasteiger partial charge in [-0.05, 0) is 43.9 Å². The highest BCUT2D eigenvalue weighted by atomic mass is 16.6. The van der Waals surface area contributed by atoms with Crippen LogP contribution in [0.1, 0.15) is 68.7 Å². The van der Waals surface area contributed by atoms with Crippen molar-refractivity contribution >= 4 is 35.1 Å². The molecule has 0 aliphatic carbocycles. The standard InChI is InChI=1S/C33H39NO9/c1-21-13-12-16-25(19-21)26(27(37)17-10-5-6-11-18-35)20-28(38)30(42-23(3)36)31(41-4)32(39)34-22(2)29(43-33(34)40)24-14-8-7-9-15-24/h7-9,12-16,19-20,22,29-31,35H,5-6,10-11,17-18H2,1-4H3/t22-,29-,30+,31-/m0/s1. The molecule has 0 saturated carbocycles. The van der Waals surface area contributed by atoms with Crippen LogP contribution in [-0.4, -0.2) is 71.5 Å². The van der Waals surface area contributed by atoms with Gasteiger partial charge in [-0.25, -0.2) is 9.69 Å². The van der Waals surface area contributed by atoms with E-state index in [4.69, 9.17) is 19.3 Å². The maximum Gasteiger partial charge on any atom is 0.417 e. The lowest BCUT2D eigenvalue weighted by Gasteiger charge is -2.27. The molecule has 1 N–H and O–H groups in total. The van der Waals surface area contributed by atoms with Gasteiger partial charge in [0, 0.05) is 32.6 Å². The van der Waals surface area contributed by atoms with Gasteiger partial charge in [0.1, 0.15) is 6.10 Å². The summed E-state index contributed by atoms with van der Waals surface area (Å²) in [5.74, 6) is -2.92. The minimum absolute atomic E-state index is 0.0780. The van der Waals surface area contributed by atoms with Gasteiger partial charge >= 0.3 is 12.1 Å². The van der Waals surface area contributed by atoms with Crippen molar-refractivity contribution in [2.45, 2.75) is 77.2 Å². The van der Waals surface area contributed by atoms with E-state index in [1.54, 1.807) is 49.4 Å². The molecule has 10 nitrogen and oxygen atoms in total. The number of methoxy groups -OCH3 is 1. The van der Waals surface area contributed by atoms with Crippen LogP contribution in [0.4, 0.5) is 4.79 Å². The molecule has 1 saturated heterocycles. The molecule has 2 aromatic rings. The molecule has 2 amide bonds. The number of benzene rings is 2. The summed E-state index contributed by atoms with van der Waals surface area (Å²) >= 11 is 0. The first-order valence-corrected chi connectivity index (χ1v) is 14.3. The van der Waals surface area contributed by atoms with Crippen molar-refractivity contribution in [1.82, 2.24) is 4.90 Å². The van der Waals surface area contributed by atoms with E-state index in [2.05, 4.69) is 0 Å². The third kappa shape index (κ3) is 8.68. The molecule has 1 aliphatic heterocycles. The van der Waals surface area contributed by atoms with E-state index < -0.39 is 48.1 Å². The average molecular weight is 594 g/mol. The molecule has 0 bridgehead atoms. The first kappa shape index (κ1) is 33.4. The lowest BCUT2D eigenvalue weighted by atomic mass is 9.94. The molecule has 1 heterocycles. The van der Waals surface area contributed by atoms with Crippen LogP contribution in [0.2, 0.25) is 0 Å². The number of imide groups is 1. The number of cyclic esters (lactones) is 1. The van der Waals surface area contributed by atoms with Crippen LogP contribution in [0.25, 0.3) is 5.57 Å². The average Bonchev–Trinajstić information content (AvgIpc) is 3.28. The van der Waals surface area contributed by atoms with Crippen LogP contribution in [0.3, 0.4) is 0 Å². The second-order valence-corrected chi connectivity index (χ2v) is 10.5. The fourth-order valence-corrected chi connectivity index (χ4v) is 5.03. The molecule has 1 aliphatic rings. The van der Waals surface area contributed by atoms with E-state index in [1.165, 1.54) is 0 Å². The third-order valence-corrected chi connectivity index (χ3v) is 7.21. The summed E-state index contributed by atoms with van der Waals surface area (Å²) in [6, 6.07) is 15.2. The highest BCUT2D eigenvalue weighted by Crippen LogP contribution is 2.33. The first-order chi connectivity index (χ1) is 20.6. The summed E-state index contributed by atoms with van der Waals surface area (Å²) in [4.78, 5) is 66.6. The molecule has 0 unspecified atom stereocenters. The van der Waals surface area contributed by atoms with Gasteiger partial charge in [0.25, 0.3) is 5.91 Å². The molecular formula is C33H39NO9. The third-order valence-electron chi connectivity index (χ3n) is 7.21. The van der Waals surface area contributed by atoms with Gasteiger partial charge in [0.15, 0.2) is 23.8 Å². The Hall–Kier alpha value is -4.15. The Morgan fingerprint density at radius 3 is 2.33 bits per heavy atom. The number of amides is 2. The number of ether oxygens (including phenoxy) is 3. The van der Waals surface area contributed by atoms with Gasteiger partial charge in [-0.1, -0.05) is 73.0 Å². The number of rotatable bonds is 15. The zero-order valence-electron chi connectivity index (χ0n) is 25.0. The van der Waals surface area contributed by atoms with E-state index in [0.717, 1.165) is 43.4 Å². The quantitative estimate of drug-likeness (QED) is 0.180. The summed E-state index contributed by atoms with van der Waals surface area (Å²) in [6.07, 6.45) is -1.22. The Balaban J connectivity index is 1.93. The number of esters is 1. The van der Waals surface area contributed by atoms with Crippen molar-refractivity contribution < 1.29 is 43.3 Å². The van der Waals surface area contributed by atoms with Crippen molar-refractivity contribution in [3.63, 3.8) is 0 Å². The van der Waals surface area contributed by atoms with E-state index in [0.29, 0.717) is 24.0 Å². The minimum Gasteiger partial charge on any atom is -0.451 e. The second kappa shape index (κ2) is 15.9. The van der Waals surface area contributed by atoms with E-state index in [1.807, 2.05) is 19.1 Å². The van der Waals surface area contributed by atoms with E-state index in [-0.39, 0.29) is 24.4 Å². The molecule has 2 aromatic carbocycles. The highest BCUT2D eigenvalue weighted by Gasteiger charge is 2.48. The predicted octanol–water partition coefficient (Wildman–Crippen LogP) is 4.51.